The standard InChI is InChI=1S/C13H26N2S/c1-11(2)12-6-9-15(10-7-12)8-4-3-5-13(14)16/h11-12H,3-10H2,1-2H3,(H2,14,16). The van der Waals surface area contributed by atoms with E-state index in [4.69, 9.17) is 18.0 Å². The van der Waals surface area contributed by atoms with Gasteiger partial charge in [0.15, 0.2) is 0 Å². The van der Waals surface area contributed by atoms with Gasteiger partial charge in [-0.2, -0.15) is 0 Å². The molecule has 0 aliphatic carbocycles. The molecule has 1 aliphatic rings. The number of unbranched alkanes of at least 4 members (excludes halogenated alkanes) is 1. The summed E-state index contributed by atoms with van der Waals surface area (Å²) in [4.78, 5) is 3.26. The summed E-state index contributed by atoms with van der Waals surface area (Å²) in [6.07, 6.45) is 6.07. The summed E-state index contributed by atoms with van der Waals surface area (Å²) in [5.74, 6) is 1.81. The Hall–Kier alpha value is -0.150. The second kappa shape index (κ2) is 7.23. The van der Waals surface area contributed by atoms with Crippen molar-refractivity contribution in [2.45, 2.75) is 46.0 Å². The molecule has 0 aromatic rings. The van der Waals surface area contributed by atoms with Gasteiger partial charge in [-0.05, 0) is 63.6 Å². The van der Waals surface area contributed by atoms with E-state index in [2.05, 4.69) is 18.7 Å². The van der Waals surface area contributed by atoms with Crippen LogP contribution in [0, 0.1) is 11.8 Å². The smallest absolute Gasteiger partial charge is 0.0727 e. The largest absolute Gasteiger partial charge is 0.393 e. The fourth-order valence-corrected chi connectivity index (χ4v) is 2.62. The van der Waals surface area contributed by atoms with E-state index in [0.717, 1.165) is 24.7 Å². The Morgan fingerprint density at radius 2 is 1.94 bits per heavy atom. The van der Waals surface area contributed by atoms with Gasteiger partial charge in [-0.1, -0.05) is 26.1 Å². The minimum absolute atomic E-state index is 0.665. The van der Waals surface area contributed by atoms with E-state index < -0.39 is 0 Å². The molecule has 1 fully saturated rings. The topological polar surface area (TPSA) is 29.3 Å². The van der Waals surface area contributed by atoms with E-state index in [1.54, 1.807) is 0 Å². The predicted molar refractivity (Wildman–Crippen MR) is 74.6 cm³/mol. The zero-order valence-corrected chi connectivity index (χ0v) is 11.6. The molecule has 0 atom stereocenters. The molecule has 1 heterocycles. The van der Waals surface area contributed by atoms with Crippen molar-refractivity contribution in [1.82, 2.24) is 4.90 Å². The molecule has 0 unspecified atom stereocenters. The van der Waals surface area contributed by atoms with E-state index >= 15 is 0 Å². The van der Waals surface area contributed by atoms with E-state index in [9.17, 15) is 0 Å². The summed E-state index contributed by atoms with van der Waals surface area (Å²) in [6.45, 7) is 8.50. The average molecular weight is 242 g/mol. The van der Waals surface area contributed by atoms with Gasteiger partial charge in [0, 0.05) is 0 Å². The zero-order valence-electron chi connectivity index (χ0n) is 10.7. The van der Waals surface area contributed by atoms with Crippen molar-refractivity contribution in [2.24, 2.45) is 17.6 Å². The van der Waals surface area contributed by atoms with Crippen LogP contribution in [0.15, 0.2) is 0 Å². The van der Waals surface area contributed by atoms with Gasteiger partial charge in [-0.3, -0.25) is 0 Å². The molecule has 0 bridgehead atoms. The number of nitrogens with two attached hydrogens (primary N) is 1. The molecule has 16 heavy (non-hydrogen) atoms. The van der Waals surface area contributed by atoms with Gasteiger partial charge in [0.2, 0.25) is 0 Å². The summed E-state index contributed by atoms with van der Waals surface area (Å²) in [5, 5.41) is 0. The zero-order chi connectivity index (χ0) is 12.0. The summed E-state index contributed by atoms with van der Waals surface area (Å²) in [7, 11) is 0. The number of thiocarbonyl (C=S) groups is 1. The van der Waals surface area contributed by atoms with Crippen LogP contribution in [0.4, 0.5) is 0 Å². The quantitative estimate of drug-likeness (QED) is 0.574. The Labute approximate surface area is 106 Å². The molecule has 3 heteroatoms. The first-order valence-corrected chi connectivity index (χ1v) is 7.01. The third kappa shape index (κ3) is 5.26. The van der Waals surface area contributed by atoms with Crippen LogP contribution in [-0.2, 0) is 0 Å². The number of nitrogens with zero attached hydrogens (tertiary/aromatic N) is 1. The monoisotopic (exact) mass is 242 g/mol. The molecule has 1 saturated heterocycles. The number of rotatable bonds is 6. The second-order valence-corrected chi connectivity index (χ2v) is 5.87. The van der Waals surface area contributed by atoms with Gasteiger partial charge >= 0.3 is 0 Å². The molecule has 0 radical (unpaired) electrons. The maximum atomic E-state index is 5.48. The Balaban J connectivity index is 2.06. The SMILES string of the molecule is CC(C)C1CCN(CCCCC(N)=S)CC1. The minimum atomic E-state index is 0.665. The van der Waals surface area contributed by atoms with Crippen molar-refractivity contribution < 1.29 is 0 Å². The number of piperidine rings is 1. The lowest BCUT2D eigenvalue weighted by Crippen LogP contribution is -2.35. The van der Waals surface area contributed by atoms with Gasteiger partial charge in [-0.25, -0.2) is 0 Å². The number of hydrogen-bond donors (Lipinski definition) is 1. The van der Waals surface area contributed by atoms with Gasteiger partial charge < -0.3 is 10.6 Å². The molecule has 2 N–H and O–H groups in total. The second-order valence-electron chi connectivity index (χ2n) is 5.35. The van der Waals surface area contributed by atoms with Crippen LogP contribution in [0.1, 0.15) is 46.0 Å². The maximum Gasteiger partial charge on any atom is 0.0727 e. The highest BCUT2D eigenvalue weighted by molar-refractivity contribution is 7.80. The van der Waals surface area contributed by atoms with Crippen LogP contribution in [-0.4, -0.2) is 29.5 Å². The molecule has 0 aromatic heterocycles. The number of hydrogen-bond acceptors (Lipinski definition) is 2. The molecule has 0 spiro atoms. The molecule has 1 rings (SSSR count). The number of likely N-dealkylation sites (tertiary alicyclic amines) is 1. The molecule has 1 aliphatic heterocycles. The normalized spacial score (nSPS) is 19.2. The molecular weight excluding hydrogens is 216 g/mol. The van der Waals surface area contributed by atoms with Gasteiger partial charge in [0.1, 0.15) is 0 Å². The highest BCUT2D eigenvalue weighted by Crippen LogP contribution is 2.24. The third-order valence-corrected chi connectivity index (χ3v) is 3.93. The molecular formula is C13H26N2S. The molecule has 0 amide bonds. The molecule has 0 aromatic carbocycles. The molecule has 2 nitrogen and oxygen atoms in total. The van der Waals surface area contributed by atoms with Crippen molar-refractivity contribution in [2.75, 3.05) is 19.6 Å². The van der Waals surface area contributed by atoms with Crippen LogP contribution in [0.25, 0.3) is 0 Å². The summed E-state index contributed by atoms with van der Waals surface area (Å²) in [6, 6.07) is 0. The molecule has 0 saturated carbocycles. The van der Waals surface area contributed by atoms with E-state index in [0.29, 0.717) is 4.99 Å². The average Bonchev–Trinajstić information content (AvgIpc) is 2.25. The van der Waals surface area contributed by atoms with E-state index in [1.807, 2.05) is 0 Å². The van der Waals surface area contributed by atoms with Crippen LogP contribution in [0.5, 0.6) is 0 Å². The van der Waals surface area contributed by atoms with Crippen LogP contribution in [0.3, 0.4) is 0 Å². The van der Waals surface area contributed by atoms with Gasteiger partial charge in [-0.15, -0.1) is 0 Å². The maximum absolute atomic E-state index is 5.48. The fraction of sp³-hybridized carbons (Fsp3) is 0.923. The summed E-state index contributed by atoms with van der Waals surface area (Å²) >= 11 is 4.87. The minimum Gasteiger partial charge on any atom is -0.393 e. The summed E-state index contributed by atoms with van der Waals surface area (Å²) < 4.78 is 0. The van der Waals surface area contributed by atoms with Crippen molar-refractivity contribution in [3.8, 4) is 0 Å². The first kappa shape index (κ1) is 13.9. The lowest BCUT2D eigenvalue weighted by Gasteiger charge is -2.33. The van der Waals surface area contributed by atoms with Crippen molar-refractivity contribution in [1.29, 1.82) is 0 Å². The Morgan fingerprint density at radius 3 is 2.44 bits per heavy atom. The highest BCUT2D eigenvalue weighted by atomic mass is 32.1. The lowest BCUT2D eigenvalue weighted by molar-refractivity contribution is 0.156. The molecule has 94 valence electrons. The van der Waals surface area contributed by atoms with E-state index in [1.165, 1.54) is 38.9 Å². The van der Waals surface area contributed by atoms with Gasteiger partial charge in [0.25, 0.3) is 0 Å². The highest BCUT2D eigenvalue weighted by Gasteiger charge is 2.20. The van der Waals surface area contributed by atoms with Gasteiger partial charge in [0.05, 0.1) is 4.99 Å². The first-order valence-electron chi connectivity index (χ1n) is 6.60. The van der Waals surface area contributed by atoms with E-state index in [-0.39, 0.29) is 0 Å². The Morgan fingerprint density at radius 1 is 1.31 bits per heavy atom. The van der Waals surface area contributed by atoms with Crippen molar-refractivity contribution in [3.05, 3.63) is 0 Å². The predicted octanol–water partition coefficient (Wildman–Crippen LogP) is 2.81. The van der Waals surface area contributed by atoms with Crippen molar-refractivity contribution in [3.63, 3.8) is 0 Å². The first-order chi connectivity index (χ1) is 7.59. The lowest BCUT2D eigenvalue weighted by atomic mass is 9.87. The Kier molecular flexibility index (Phi) is 6.29. The Bertz CT molecular complexity index is 208. The van der Waals surface area contributed by atoms with Crippen LogP contribution >= 0.6 is 12.2 Å². The van der Waals surface area contributed by atoms with Crippen molar-refractivity contribution >= 4 is 17.2 Å². The van der Waals surface area contributed by atoms with Crippen LogP contribution in [0.2, 0.25) is 0 Å². The van der Waals surface area contributed by atoms with Crippen LogP contribution < -0.4 is 5.73 Å². The third-order valence-electron chi connectivity index (χ3n) is 3.72. The fourth-order valence-electron chi connectivity index (χ4n) is 2.48. The summed E-state index contributed by atoms with van der Waals surface area (Å²) in [5.41, 5.74) is 5.48.